The molecule has 1 aliphatic rings. The van der Waals surface area contributed by atoms with Crippen molar-refractivity contribution in [2.45, 2.75) is 12.8 Å². The van der Waals surface area contributed by atoms with Gasteiger partial charge in [0.2, 0.25) is 5.13 Å². The van der Waals surface area contributed by atoms with Crippen LogP contribution in [-0.4, -0.2) is 21.0 Å². The van der Waals surface area contributed by atoms with Gasteiger partial charge in [-0.05, 0) is 30.4 Å². The Balaban J connectivity index is 1.73. The molecule has 0 bridgehead atoms. The fraction of sp³-hybridized carbons (Fsp3) is 0.105. The number of nitrogens with one attached hydrogen (secondary N) is 2. The van der Waals surface area contributed by atoms with Crippen molar-refractivity contribution in [1.29, 1.82) is 5.41 Å². The molecule has 0 aliphatic heterocycles. The van der Waals surface area contributed by atoms with Gasteiger partial charge >= 0.3 is 0 Å². The molecule has 0 atom stereocenters. The molecule has 26 heavy (non-hydrogen) atoms. The zero-order valence-corrected chi connectivity index (χ0v) is 15.3. The molecule has 0 radical (unpaired) electrons. The van der Waals surface area contributed by atoms with Crippen molar-refractivity contribution >= 4 is 51.1 Å². The topological polar surface area (TPSA) is 74.5 Å². The molecule has 3 aromatic heterocycles. The molecule has 4 aromatic rings. The smallest absolute Gasteiger partial charge is 0.282 e. The molecule has 0 unspecified atom stereocenters. The van der Waals surface area contributed by atoms with Crippen molar-refractivity contribution in [2.24, 2.45) is 0 Å². The SMILES string of the molecule is N=Cc1c(-c2cc3ccccc3s2)[nH]n(-c2nc3c(s2)=CCCC=3)c1=O. The summed E-state index contributed by atoms with van der Waals surface area (Å²) in [6.07, 6.45) is 7.38. The standard InChI is InChI=1S/C19H14N4OS2/c20-10-12-17(16-9-11-5-1-3-7-14(11)25-16)22-23(18(12)24)19-21-13-6-2-4-8-15(13)26-19/h1,3,5-10,20,22H,2,4H2. The normalized spacial score (nSPS) is 13.2. The highest BCUT2D eigenvalue weighted by molar-refractivity contribution is 7.22. The average Bonchev–Trinajstić information content (AvgIpc) is 3.35. The van der Waals surface area contributed by atoms with E-state index in [1.165, 1.54) is 16.0 Å². The van der Waals surface area contributed by atoms with E-state index in [4.69, 9.17) is 5.41 Å². The Bertz CT molecular complexity index is 1270. The second kappa shape index (κ2) is 5.89. The number of thiophene rings is 1. The van der Waals surface area contributed by atoms with Crippen molar-refractivity contribution in [2.75, 3.05) is 0 Å². The molecule has 7 heteroatoms. The van der Waals surface area contributed by atoms with E-state index in [-0.39, 0.29) is 5.56 Å². The average molecular weight is 378 g/mol. The Morgan fingerprint density at radius 1 is 1.19 bits per heavy atom. The quantitative estimate of drug-likeness (QED) is 0.538. The third kappa shape index (κ3) is 2.32. The van der Waals surface area contributed by atoms with Crippen LogP contribution in [0.2, 0.25) is 0 Å². The van der Waals surface area contributed by atoms with Crippen LogP contribution < -0.4 is 15.4 Å². The van der Waals surface area contributed by atoms with Gasteiger partial charge in [-0.15, -0.1) is 11.3 Å². The van der Waals surface area contributed by atoms with E-state index in [0.717, 1.165) is 43.9 Å². The van der Waals surface area contributed by atoms with Crippen LogP contribution in [0.15, 0.2) is 35.1 Å². The summed E-state index contributed by atoms with van der Waals surface area (Å²) in [6, 6.07) is 10.2. The van der Waals surface area contributed by atoms with Crippen LogP contribution in [0.4, 0.5) is 0 Å². The zero-order valence-electron chi connectivity index (χ0n) is 13.7. The van der Waals surface area contributed by atoms with E-state index >= 15 is 0 Å². The van der Waals surface area contributed by atoms with Gasteiger partial charge in [-0.1, -0.05) is 41.7 Å². The van der Waals surface area contributed by atoms with E-state index in [2.05, 4.69) is 40.4 Å². The van der Waals surface area contributed by atoms with E-state index in [9.17, 15) is 4.79 Å². The minimum atomic E-state index is -0.237. The second-order valence-electron chi connectivity index (χ2n) is 6.07. The molecule has 0 saturated heterocycles. The lowest BCUT2D eigenvalue weighted by molar-refractivity contribution is 0.839. The Kier molecular flexibility index (Phi) is 3.51. The fourth-order valence-electron chi connectivity index (χ4n) is 3.17. The maximum atomic E-state index is 12.9. The van der Waals surface area contributed by atoms with Gasteiger partial charge in [0.15, 0.2) is 0 Å². The first kappa shape index (κ1) is 15.5. The molecule has 128 valence electrons. The van der Waals surface area contributed by atoms with Crippen LogP contribution in [-0.2, 0) is 0 Å². The molecule has 0 spiro atoms. The summed E-state index contributed by atoms with van der Waals surface area (Å²) in [5, 5.41) is 13.6. The number of H-pyrrole nitrogens is 1. The third-order valence-electron chi connectivity index (χ3n) is 4.44. The van der Waals surface area contributed by atoms with Gasteiger partial charge in [-0.25, -0.2) is 4.98 Å². The number of aromatic amines is 1. The molecule has 5 nitrogen and oxygen atoms in total. The minimum Gasteiger partial charge on any atom is -0.308 e. The summed E-state index contributed by atoms with van der Waals surface area (Å²) >= 11 is 3.11. The molecule has 5 rings (SSSR count). The van der Waals surface area contributed by atoms with E-state index in [1.54, 1.807) is 11.3 Å². The van der Waals surface area contributed by atoms with Gasteiger partial charge < -0.3 is 5.41 Å². The molecule has 3 heterocycles. The molecule has 0 fully saturated rings. The third-order valence-corrected chi connectivity index (χ3v) is 6.62. The number of fused-ring (bicyclic) bond motifs is 2. The first-order chi connectivity index (χ1) is 12.7. The van der Waals surface area contributed by atoms with E-state index in [0.29, 0.717) is 16.4 Å². The summed E-state index contributed by atoms with van der Waals surface area (Å²) in [5.74, 6) is 0. The predicted octanol–water partition coefficient (Wildman–Crippen LogP) is 2.86. The number of aromatic nitrogens is 3. The molecule has 1 aromatic carbocycles. The van der Waals surface area contributed by atoms with Crippen LogP contribution in [0.3, 0.4) is 0 Å². The first-order valence-electron chi connectivity index (χ1n) is 8.26. The molecular weight excluding hydrogens is 364 g/mol. The van der Waals surface area contributed by atoms with Crippen LogP contribution in [0.1, 0.15) is 18.4 Å². The maximum Gasteiger partial charge on any atom is 0.282 e. The largest absolute Gasteiger partial charge is 0.308 e. The lowest BCUT2D eigenvalue weighted by Gasteiger charge is -1.95. The highest BCUT2D eigenvalue weighted by Gasteiger charge is 2.18. The van der Waals surface area contributed by atoms with Crippen LogP contribution in [0, 0.1) is 5.41 Å². The lowest BCUT2D eigenvalue weighted by Crippen LogP contribution is -2.23. The fourth-order valence-corrected chi connectivity index (χ4v) is 5.23. The first-order valence-corrected chi connectivity index (χ1v) is 9.90. The summed E-state index contributed by atoms with van der Waals surface area (Å²) in [6.45, 7) is 0. The monoisotopic (exact) mass is 378 g/mol. The zero-order chi connectivity index (χ0) is 17.7. The minimum absolute atomic E-state index is 0.237. The Labute approximate surface area is 156 Å². The van der Waals surface area contributed by atoms with Gasteiger partial charge in [-0.2, -0.15) is 4.68 Å². The van der Waals surface area contributed by atoms with Gasteiger partial charge in [0.1, 0.15) is 0 Å². The van der Waals surface area contributed by atoms with Crippen LogP contribution in [0.5, 0.6) is 0 Å². The summed E-state index contributed by atoms with van der Waals surface area (Å²) < 4.78 is 3.72. The Morgan fingerprint density at radius 3 is 2.85 bits per heavy atom. The van der Waals surface area contributed by atoms with Crippen molar-refractivity contribution in [3.63, 3.8) is 0 Å². The predicted molar refractivity (Wildman–Crippen MR) is 108 cm³/mol. The van der Waals surface area contributed by atoms with E-state index < -0.39 is 0 Å². The van der Waals surface area contributed by atoms with Crippen LogP contribution >= 0.6 is 22.7 Å². The highest BCUT2D eigenvalue weighted by atomic mass is 32.1. The number of rotatable bonds is 3. The van der Waals surface area contributed by atoms with Gasteiger partial charge in [-0.3, -0.25) is 9.89 Å². The number of hydrogen-bond acceptors (Lipinski definition) is 5. The van der Waals surface area contributed by atoms with E-state index in [1.807, 2.05) is 12.1 Å². The molecule has 2 N–H and O–H groups in total. The molecule has 1 aliphatic carbocycles. The van der Waals surface area contributed by atoms with Crippen molar-refractivity contribution in [3.8, 4) is 15.7 Å². The van der Waals surface area contributed by atoms with Gasteiger partial charge in [0, 0.05) is 10.9 Å². The number of hydrogen-bond donors (Lipinski definition) is 2. The summed E-state index contributed by atoms with van der Waals surface area (Å²) in [4.78, 5) is 18.4. The Hall–Kier alpha value is -2.77. The summed E-state index contributed by atoms with van der Waals surface area (Å²) in [7, 11) is 0. The van der Waals surface area contributed by atoms with Crippen LogP contribution in [0.25, 0.3) is 37.9 Å². The second-order valence-corrected chi connectivity index (χ2v) is 8.16. The van der Waals surface area contributed by atoms with Crippen molar-refractivity contribution in [1.82, 2.24) is 14.8 Å². The number of thiazole rings is 1. The molecular formula is C19H14N4OS2. The van der Waals surface area contributed by atoms with Gasteiger partial charge in [0.25, 0.3) is 5.56 Å². The van der Waals surface area contributed by atoms with Gasteiger partial charge in [0.05, 0.1) is 26.0 Å². The number of nitrogens with zero attached hydrogens (tertiary/aromatic N) is 2. The van der Waals surface area contributed by atoms with Crippen molar-refractivity contribution in [3.05, 3.63) is 56.1 Å². The molecule has 0 amide bonds. The number of benzene rings is 1. The summed E-state index contributed by atoms with van der Waals surface area (Å²) in [5.41, 5.74) is 0.795. The molecule has 0 saturated carbocycles. The maximum absolute atomic E-state index is 12.9. The lowest BCUT2D eigenvalue weighted by atomic mass is 10.2. The highest BCUT2D eigenvalue weighted by Crippen LogP contribution is 2.33. The van der Waals surface area contributed by atoms with Crippen molar-refractivity contribution < 1.29 is 0 Å². The Morgan fingerprint density at radius 2 is 2.04 bits per heavy atom.